The number of hydrogen-bond acceptors (Lipinski definition) is 1. The van der Waals surface area contributed by atoms with Gasteiger partial charge in [-0.1, -0.05) is 17.7 Å². The van der Waals surface area contributed by atoms with Gasteiger partial charge in [-0.25, -0.2) is 0 Å². The Morgan fingerprint density at radius 3 is 3.00 bits per heavy atom. The summed E-state index contributed by atoms with van der Waals surface area (Å²) < 4.78 is 0. The topological polar surface area (TPSA) is 29.1 Å². The van der Waals surface area contributed by atoms with E-state index in [0.29, 0.717) is 0 Å². The van der Waals surface area contributed by atoms with E-state index in [0.717, 1.165) is 23.6 Å². The average molecular weight is 172 g/mol. The lowest BCUT2D eigenvalue weighted by Gasteiger charge is -2.08. The molecule has 0 aromatic heterocycles. The molecular formula is C8H10ClNO. The first kappa shape index (κ1) is 8.34. The highest BCUT2D eigenvalue weighted by atomic mass is 35.5. The summed E-state index contributed by atoms with van der Waals surface area (Å²) in [5.74, 6) is -0.0566. The van der Waals surface area contributed by atoms with Crippen molar-refractivity contribution in [3.8, 4) is 0 Å². The van der Waals surface area contributed by atoms with Crippen molar-refractivity contribution in [3.63, 3.8) is 0 Å². The summed E-state index contributed by atoms with van der Waals surface area (Å²) in [5, 5.41) is 3.48. The fourth-order valence-electron chi connectivity index (χ4n) is 0.956. The predicted molar refractivity (Wildman–Crippen MR) is 45.1 cm³/mol. The molecule has 0 fully saturated rings. The zero-order chi connectivity index (χ0) is 8.27. The van der Waals surface area contributed by atoms with Crippen molar-refractivity contribution >= 4 is 17.5 Å². The molecule has 0 aromatic rings. The van der Waals surface area contributed by atoms with Crippen LogP contribution in [0.4, 0.5) is 0 Å². The Bertz CT molecular complexity index is 230. The Morgan fingerprint density at radius 2 is 2.45 bits per heavy atom. The molecule has 0 unspecified atom stereocenters. The minimum atomic E-state index is -0.0566. The molecule has 0 aliphatic heterocycles. The summed E-state index contributed by atoms with van der Waals surface area (Å²) in [4.78, 5) is 10.6. The highest BCUT2D eigenvalue weighted by molar-refractivity contribution is 6.29. The van der Waals surface area contributed by atoms with E-state index in [1.807, 2.05) is 6.08 Å². The van der Waals surface area contributed by atoms with Gasteiger partial charge in [0.2, 0.25) is 5.91 Å². The van der Waals surface area contributed by atoms with Gasteiger partial charge in [0.15, 0.2) is 0 Å². The second-order valence-electron chi connectivity index (χ2n) is 2.47. The summed E-state index contributed by atoms with van der Waals surface area (Å²) in [5.41, 5.74) is 0.814. The summed E-state index contributed by atoms with van der Waals surface area (Å²) >= 11 is 5.76. The van der Waals surface area contributed by atoms with Gasteiger partial charge in [0.25, 0.3) is 0 Å². The molecule has 0 radical (unpaired) electrons. The van der Waals surface area contributed by atoms with Gasteiger partial charge in [-0.15, -0.1) is 0 Å². The highest BCUT2D eigenvalue weighted by Crippen LogP contribution is 2.18. The van der Waals surface area contributed by atoms with Gasteiger partial charge in [-0.3, -0.25) is 4.79 Å². The van der Waals surface area contributed by atoms with Crippen LogP contribution in [0.2, 0.25) is 0 Å². The van der Waals surface area contributed by atoms with Crippen LogP contribution in [0.15, 0.2) is 22.9 Å². The smallest absolute Gasteiger partial charge is 0.221 e. The lowest BCUT2D eigenvalue weighted by Crippen LogP contribution is -2.18. The SMILES string of the molecule is CC(=O)NC1=CCCC(Cl)=C1. The highest BCUT2D eigenvalue weighted by Gasteiger charge is 2.03. The number of rotatable bonds is 1. The molecule has 1 amide bonds. The first-order valence-electron chi connectivity index (χ1n) is 3.52. The van der Waals surface area contributed by atoms with Crippen molar-refractivity contribution in [3.05, 3.63) is 22.9 Å². The quantitative estimate of drug-likeness (QED) is 0.642. The van der Waals surface area contributed by atoms with Crippen LogP contribution >= 0.6 is 11.6 Å². The zero-order valence-electron chi connectivity index (χ0n) is 6.36. The molecule has 3 heteroatoms. The maximum absolute atomic E-state index is 10.6. The standard InChI is InChI=1S/C8H10ClNO/c1-6(11)10-8-4-2-3-7(9)5-8/h4-5H,2-3H2,1H3,(H,10,11). The van der Waals surface area contributed by atoms with Crippen LogP contribution in [-0.2, 0) is 4.79 Å². The normalized spacial score (nSPS) is 16.9. The maximum atomic E-state index is 10.6. The molecule has 0 atom stereocenters. The second-order valence-corrected chi connectivity index (χ2v) is 2.96. The molecule has 0 saturated heterocycles. The monoisotopic (exact) mass is 171 g/mol. The molecule has 1 aliphatic carbocycles. The van der Waals surface area contributed by atoms with E-state index < -0.39 is 0 Å². The third-order valence-corrected chi connectivity index (χ3v) is 1.68. The van der Waals surface area contributed by atoms with Crippen molar-refractivity contribution < 1.29 is 4.79 Å². The Balaban J connectivity index is 2.59. The summed E-state index contributed by atoms with van der Waals surface area (Å²) in [6, 6.07) is 0. The summed E-state index contributed by atoms with van der Waals surface area (Å²) in [7, 11) is 0. The molecule has 60 valence electrons. The van der Waals surface area contributed by atoms with Crippen molar-refractivity contribution in [2.24, 2.45) is 0 Å². The Morgan fingerprint density at radius 1 is 1.73 bits per heavy atom. The fraction of sp³-hybridized carbons (Fsp3) is 0.375. The summed E-state index contributed by atoms with van der Waals surface area (Å²) in [6.07, 6.45) is 5.54. The third kappa shape index (κ3) is 2.76. The van der Waals surface area contributed by atoms with Gasteiger partial charge in [0, 0.05) is 17.7 Å². The molecule has 1 N–H and O–H groups in total. The zero-order valence-corrected chi connectivity index (χ0v) is 7.11. The van der Waals surface area contributed by atoms with Crippen LogP contribution in [-0.4, -0.2) is 5.91 Å². The summed E-state index contributed by atoms with van der Waals surface area (Å²) in [6.45, 7) is 1.48. The number of nitrogens with one attached hydrogen (secondary N) is 1. The average Bonchev–Trinajstić information content (AvgIpc) is 1.85. The minimum absolute atomic E-state index is 0.0566. The Hall–Kier alpha value is -0.760. The number of carbonyl (C=O) groups excluding carboxylic acids is 1. The van der Waals surface area contributed by atoms with Gasteiger partial charge in [-0.2, -0.15) is 0 Å². The molecule has 0 bridgehead atoms. The van der Waals surface area contributed by atoms with E-state index in [-0.39, 0.29) is 5.91 Å². The van der Waals surface area contributed by atoms with E-state index in [4.69, 9.17) is 11.6 Å². The number of amides is 1. The lowest BCUT2D eigenvalue weighted by molar-refractivity contribution is -0.118. The van der Waals surface area contributed by atoms with Crippen molar-refractivity contribution in [2.45, 2.75) is 19.8 Å². The first-order valence-corrected chi connectivity index (χ1v) is 3.90. The fourth-order valence-corrected chi connectivity index (χ4v) is 1.18. The molecule has 0 spiro atoms. The van der Waals surface area contributed by atoms with Gasteiger partial charge in [-0.05, 0) is 18.9 Å². The van der Waals surface area contributed by atoms with Gasteiger partial charge < -0.3 is 5.32 Å². The van der Waals surface area contributed by atoms with Crippen LogP contribution in [0.3, 0.4) is 0 Å². The molecule has 2 nitrogen and oxygen atoms in total. The largest absolute Gasteiger partial charge is 0.327 e. The molecule has 0 saturated carbocycles. The van der Waals surface area contributed by atoms with Gasteiger partial charge in [0.1, 0.15) is 0 Å². The van der Waals surface area contributed by atoms with E-state index in [9.17, 15) is 4.79 Å². The van der Waals surface area contributed by atoms with Crippen LogP contribution < -0.4 is 5.32 Å². The van der Waals surface area contributed by atoms with E-state index >= 15 is 0 Å². The second kappa shape index (κ2) is 3.58. The van der Waals surface area contributed by atoms with E-state index in [1.54, 1.807) is 6.08 Å². The molecular weight excluding hydrogens is 162 g/mol. The van der Waals surface area contributed by atoms with Gasteiger partial charge in [0.05, 0.1) is 0 Å². The van der Waals surface area contributed by atoms with Crippen molar-refractivity contribution in [1.29, 1.82) is 0 Å². The number of allylic oxidation sites excluding steroid dienone is 3. The number of hydrogen-bond donors (Lipinski definition) is 1. The van der Waals surface area contributed by atoms with E-state index in [2.05, 4.69) is 5.32 Å². The molecule has 0 aromatic carbocycles. The molecule has 1 aliphatic rings. The first-order chi connectivity index (χ1) is 5.18. The van der Waals surface area contributed by atoms with Crippen LogP contribution in [0.25, 0.3) is 0 Å². The lowest BCUT2D eigenvalue weighted by atomic mass is 10.1. The molecule has 0 heterocycles. The molecule has 11 heavy (non-hydrogen) atoms. The van der Waals surface area contributed by atoms with Crippen LogP contribution in [0, 0.1) is 0 Å². The maximum Gasteiger partial charge on any atom is 0.221 e. The predicted octanol–water partition coefficient (Wildman–Crippen LogP) is 1.92. The Labute approximate surface area is 70.9 Å². The minimum Gasteiger partial charge on any atom is -0.327 e. The van der Waals surface area contributed by atoms with Gasteiger partial charge >= 0.3 is 0 Å². The number of carbonyl (C=O) groups is 1. The molecule has 1 rings (SSSR count). The van der Waals surface area contributed by atoms with Crippen molar-refractivity contribution in [2.75, 3.05) is 0 Å². The number of halogens is 1. The van der Waals surface area contributed by atoms with E-state index in [1.165, 1.54) is 6.92 Å². The van der Waals surface area contributed by atoms with Crippen LogP contribution in [0.1, 0.15) is 19.8 Å². The Kier molecular flexibility index (Phi) is 2.71. The third-order valence-electron chi connectivity index (χ3n) is 1.38. The van der Waals surface area contributed by atoms with Crippen molar-refractivity contribution in [1.82, 2.24) is 5.32 Å². The van der Waals surface area contributed by atoms with Crippen LogP contribution in [0.5, 0.6) is 0 Å².